The molecule has 1 aromatic heterocycles. The Balaban J connectivity index is 1.57. The number of amides is 1. The number of aryl methyl sites for hydroxylation is 2. The number of carbonyl (C=O) groups excluding carboxylic acids is 1. The summed E-state index contributed by atoms with van der Waals surface area (Å²) in [4.78, 5) is 41.2. The molecule has 0 radical (unpaired) electrons. The summed E-state index contributed by atoms with van der Waals surface area (Å²) in [7, 11) is 1.54. The number of ether oxygens (including phenoxy) is 1. The number of aromatic nitrogens is 2. The highest BCUT2D eigenvalue weighted by Crippen LogP contribution is 2.36. The van der Waals surface area contributed by atoms with Crippen LogP contribution in [0.2, 0.25) is 0 Å². The number of nitrogens with one attached hydrogen (secondary N) is 1. The van der Waals surface area contributed by atoms with E-state index in [2.05, 4.69) is 10.4 Å². The Kier molecular flexibility index (Phi) is 11.9. The summed E-state index contributed by atoms with van der Waals surface area (Å²) in [6, 6.07) is 1.90. The van der Waals surface area contributed by atoms with Crippen LogP contribution in [-0.2, 0) is 33.3 Å². The highest BCUT2D eigenvalue weighted by molar-refractivity contribution is 5.82. The lowest BCUT2D eigenvalue weighted by Gasteiger charge is -2.38. The number of alkyl halides is 3. The third-order valence-corrected chi connectivity index (χ3v) is 9.56. The molecule has 3 aromatic rings. The molecule has 2 aliphatic rings. The molecule has 1 saturated heterocycles. The SMILES string of the molecule is COC1CN(CCc2nn([C@H]3CCCCCCCc4cc(F)cc(F)c4-c4cc(C)c(F)c(c4)[C@H](CC(=O)O)NC3=O)c(=O)cc2C(F)(F)F)C1. The summed E-state index contributed by atoms with van der Waals surface area (Å²) in [5, 5.41) is 16.4. The highest BCUT2D eigenvalue weighted by atomic mass is 19.4. The predicted octanol–water partition coefficient (Wildman–Crippen LogP) is 6.30. The lowest BCUT2D eigenvalue weighted by Crippen LogP contribution is -2.52. The third kappa shape index (κ3) is 8.98. The average Bonchev–Trinajstić information content (AvgIpc) is 3.02. The Hall–Kier alpha value is -4.24. The average molecular weight is 723 g/mol. The van der Waals surface area contributed by atoms with Gasteiger partial charge in [-0.3, -0.25) is 19.3 Å². The Morgan fingerprint density at radius 1 is 1.02 bits per heavy atom. The van der Waals surface area contributed by atoms with Crippen molar-refractivity contribution in [3.63, 3.8) is 0 Å². The van der Waals surface area contributed by atoms with Crippen LogP contribution in [0.15, 0.2) is 35.1 Å². The van der Waals surface area contributed by atoms with Gasteiger partial charge in [-0.05, 0) is 61.1 Å². The van der Waals surface area contributed by atoms with Gasteiger partial charge in [0.1, 0.15) is 23.5 Å². The van der Waals surface area contributed by atoms with Crippen molar-refractivity contribution in [1.82, 2.24) is 20.0 Å². The predicted molar refractivity (Wildman–Crippen MR) is 175 cm³/mol. The second-order valence-corrected chi connectivity index (χ2v) is 13.3. The van der Waals surface area contributed by atoms with Crippen molar-refractivity contribution in [2.45, 2.75) is 89.1 Å². The molecule has 2 atom stereocenters. The van der Waals surface area contributed by atoms with Crippen molar-refractivity contribution in [3.8, 4) is 11.1 Å². The number of fused-ring (bicyclic) bond motifs is 4. The van der Waals surface area contributed by atoms with Gasteiger partial charge in [-0.1, -0.05) is 25.7 Å². The van der Waals surface area contributed by atoms with Crippen molar-refractivity contribution < 1.29 is 45.8 Å². The fourth-order valence-corrected chi connectivity index (χ4v) is 6.85. The van der Waals surface area contributed by atoms with Gasteiger partial charge in [0.15, 0.2) is 0 Å². The lowest BCUT2D eigenvalue weighted by molar-refractivity contribution is -0.139. The van der Waals surface area contributed by atoms with E-state index in [0.29, 0.717) is 74.0 Å². The number of methoxy groups -OCH3 is 1. The van der Waals surface area contributed by atoms with Crippen LogP contribution in [0, 0.1) is 24.4 Å². The van der Waals surface area contributed by atoms with Crippen LogP contribution in [0.1, 0.15) is 85.0 Å². The second kappa shape index (κ2) is 16.0. The molecule has 0 saturated carbocycles. The first-order valence-electron chi connectivity index (χ1n) is 16.9. The summed E-state index contributed by atoms with van der Waals surface area (Å²) in [5.74, 6) is -4.91. The molecule has 0 aliphatic carbocycles. The molecule has 51 heavy (non-hydrogen) atoms. The molecular weight excluding hydrogens is 682 g/mol. The van der Waals surface area contributed by atoms with Crippen LogP contribution in [0.5, 0.6) is 0 Å². The molecule has 5 rings (SSSR count). The maximum atomic E-state index is 15.8. The van der Waals surface area contributed by atoms with Gasteiger partial charge in [-0.25, -0.2) is 17.9 Å². The number of halogens is 6. The molecular formula is C36H40F6N4O5. The number of carboxylic acids is 1. The number of carbonyl (C=O) groups is 2. The van der Waals surface area contributed by atoms with Gasteiger partial charge in [-0.15, -0.1) is 0 Å². The fourth-order valence-electron chi connectivity index (χ4n) is 6.85. The number of benzene rings is 2. The summed E-state index contributed by atoms with van der Waals surface area (Å²) >= 11 is 0. The maximum absolute atomic E-state index is 15.8. The van der Waals surface area contributed by atoms with E-state index >= 15 is 8.78 Å². The number of nitrogens with zero attached hydrogens (tertiary/aromatic N) is 3. The number of hydrogen-bond donors (Lipinski definition) is 2. The van der Waals surface area contributed by atoms with Crippen LogP contribution < -0.4 is 10.9 Å². The molecule has 2 aromatic carbocycles. The lowest BCUT2D eigenvalue weighted by atomic mass is 9.90. The number of carboxylic acid groups (broad SMARTS) is 1. The number of likely N-dealkylation sites (tertiary alicyclic amines) is 1. The zero-order valence-corrected chi connectivity index (χ0v) is 28.3. The van der Waals surface area contributed by atoms with Crippen LogP contribution in [-0.4, -0.2) is 64.5 Å². The third-order valence-electron chi connectivity index (χ3n) is 9.56. The van der Waals surface area contributed by atoms with E-state index < -0.39 is 70.8 Å². The minimum absolute atomic E-state index is 0.00349. The molecule has 2 N–H and O–H groups in total. The van der Waals surface area contributed by atoms with E-state index in [0.717, 1.165) is 0 Å². The molecule has 0 spiro atoms. The minimum Gasteiger partial charge on any atom is -0.481 e. The van der Waals surface area contributed by atoms with Gasteiger partial charge in [0.2, 0.25) is 5.91 Å². The van der Waals surface area contributed by atoms with E-state index in [1.807, 2.05) is 4.90 Å². The smallest absolute Gasteiger partial charge is 0.418 e. The van der Waals surface area contributed by atoms with Gasteiger partial charge in [-0.2, -0.15) is 18.3 Å². The van der Waals surface area contributed by atoms with E-state index in [4.69, 9.17) is 4.74 Å². The number of aliphatic carboxylic acids is 1. The van der Waals surface area contributed by atoms with Crippen molar-refractivity contribution >= 4 is 11.9 Å². The van der Waals surface area contributed by atoms with Crippen molar-refractivity contribution in [2.24, 2.45) is 0 Å². The monoisotopic (exact) mass is 722 g/mol. The van der Waals surface area contributed by atoms with E-state index in [1.165, 1.54) is 32.2 Å². The van der Waals surface area contributed by atoms with Crippen LogP contribution in [0.4, 0.5) is 26.3 Å². The van der Waals surface area contributed by atoms with Crippen LogP contribution in [0.3, 0.4) is 0 Å². The quantitative estimate of drug-likeness (QED) is 0.276. The topological polar surface area (TPSA) is 114 Å². The normalized spacial score (nSPS) is 19.6. The number of hydrogen-bond acceptors (Lipinski definition) is 6. The summed E-state index contributed by atoms with van der Waals surface area (Å²) in [6.45, 7) is 2.60. The fraction of sp³-hybridized carbons (Fsp3) is 0.500. The summed E-state index contributed by atoms with van der Waals surface area (Å²) in [5.41, 5.74) is -2.59. The molecule has 9 nitrogen and oxygen atoms in total. The number of rotatable bonds is 7. The molecule has 276 valence electrons. The summed E-state index contributed by atoms with van der Waals surface area (Å²) < 4.78 is 93.7. The van der Waals surface area contributed by atoms with Crippen LogP contribution >= 0.6 is 0 Å². The molecule has 2 aliphatic heterocycles. The van der Waals surface area contributed by atoms with Gasteiger partial charge >= 0.3 is 12.1 Å². The minimum atomic E-state index is -4.90. The van der Waals surface area contributed by atoms with Crippen molar-refractivity contribution in [3.05, 3.63) is 86.1 Å². The molecule has 3 heterocycles. The molecule has 15 heteroatoms. The van der Waals surface area contributed by atoms with Gasteiger partial charge in [0.05, 0.1) is 29.8 Å². The Labute approximate surface area is 290 Å². The Morgan fingerprint density at radius 2 is 1.73 bits per heavy atom. The first-order chi connectivity index (χ1) is 24.2. The molecule has 1 fully saturated rings. The molecule has 2 bridgehead atoms. The van der Waals surface area contributed by atoms with Gasteiger partial charge < -0.3 is 15.2 Å². The van der Waals surface area contributed by atoms with Crippen molar-refractivity contribution in [2.75, 3.05) is 26.7 Å². The largest absolute Gasteiger partial charge is 0.481 e. The van der Waals surface area contributed by atoms with Gasteiger partial charge in [0.25, 0.3) is 5.56 Å². The molecule has 0 unspecified atom stereocenters. The zero-order chi connectivity index (χ0) is 37.0. The zero-order valence-electron chi connectivity index (χ0n) is 28.3. The highest BCUT2D eigenvalue weighted by Gasteiger charge is 2.37. The Bertz CT molecular complexity index is 1820. The van der Waals surface area contributed by atoms with E-state index in [9.17, 15) is 37.1 Å². The first-order valence-corrected chi connectivity index (χ1v) is 16.9. The summed E-state index contributed by atoms with van der Waals surface area (Å²) in [6.07, 6.45) is -2.98. The van der Waals surface area contributed by atoms with Crippen LogP contribution in [0.25, 0.3) is 11.1 Å². The Morgan fingerprint density at radius 3 is 2.41 bits per heavy atom. The van der Waals surface area contributed by atoms with Gasteiger partial charge in [0, 0.05) is 56.4 Å². The van der Waals surface area contributed by atoms with Crippen molar-refractivity contribution in [1.29, 1.82) is 0 Å². The standard InChI is InChI=1S/C36H40F6N4O5/c1-20-12-22-14-25(34(20)39)29(17-32(48)49)43-35(50)30(9-7-5-3-4-6-8-21-13-23(37)15-27(38)33(21)22)46-31(47)16-26(36(40,41)42)28(44-46)10-11-45-18-24(19-45)51-2/h12-16,24,29-30H,3-11,17-19H2,1-2H3,(H,43,50)(H,48,49)/t29-,30-/m0/s1. The maximum Gasteiger partial charge on any atom is 0.418 e. The van der Waals surface area contributed by atoms with E-state index in [1.54, 1.807) is 0 Å². The second-order valence-electron chi connectivity index (χ2n) is 13.3. The van der Waals surface area contributed by atoms with E-state index in [-0.39, 0.29) is 47.7 Å². The molecule has 1 amide bonds. The first kappa shape index (κ1) is 38.0.